The topological polar surface area (TPSA) is 106 Å². The number of piperidine rings is 1. The Balaban J connectivity index is 0.00000112. The number of benzene rings is 1. The van der Waals surface area contributed by atoms with Crippen LogP contribution in [0, 0.1) is 5.92 Å². The van der Waals surface area contributed by atoms with Crippen LogP contribution in [0.1, 0.15) is 30.4 Å². The molecule has 1 aromatic carbocycles. The van der Waals surface area contributed by atoms with Gasteiger partial charge in [0.1, 0.15) is 11.9 Å². The summed E-state index contributed by atoms with van der Waals surface area (Å²) in [5.74, 6) is 2.12. The fraction of sp³-hybridized carbons (Fsp3) is 0.632. The zero-order valence-electron chi connectivity index (χ0n) is 16.1. The molecule has 1 saturated carbocycles. The molecular formula is C19H28Cl2N4O3. The molecule has 0 unspecified atom stereocenters. The number of phenols is 1. The van der Waals surface area contributed by atoms with Crippen LogP contribution in [0.4, 0.5) is 0 Å². The first kappa shape index (κ1) is 21.1. The van der Waals surface area contributed by atoms with E-state index in [-0.39, 0.29) is 54.1 Å². The number of aromatic hydroxyl groups is 1. The van der Waals surface area contributed by atoms with Crippen LogP contribution in [0.3, 0.4) is 0 Å². The predicted molar refractivity (Wildman–Crippen MR) is 112 cm³/mol. The van der Waals surface area contributed by atoms with E-state index in [9.17, 15) is 5.11 Å². The van der Waals surface area contributed by atoms with Crippen molar-refractivity contribution in [2.45, 2.75) is 49.3 Å². The van der Waals surface area contributed by atoms with Gasteiger partial charge in [0.2, 0.25) is 0 Å². The number of hydrogen-bond acceptors (Lipinski definition) is 5. The number of halogens is 2. The van der Waals surface area contributed by atoms with Crippen molar-refractivity contribution in [2.75, 3.05) is 20.7 Å². The number of aliphatic imine (C=N–C) groups is 1. The first-order valence-electron chi connectivity index (χ1n) is 9.36. The summed E-state index contributed by atoms with van der Waals surface area (Å²) in [5.41, 5.74) is 13.6. The molecule has 1 saturated heterocycles. The summed E-state index contributed by atoms with van der Waals surface area (Å²) in [5, 5.41) is 10.6. The van der Waals surface area contributed by atoms with Gasteiger partial charge in [0, 0.05) is 28.7 Å². The number of guanidine groups is 1. The maximum absolute atomic E-state index is 10.6. The number of nitrogens with two attached hydrogens (primary N) is 2. The summed E-state index contributed by atoms with van der Waals surface area (Å²) in [6, 6.07) is 2.06. The number of ether oxygens (including phenoxy) is 2. The van der Waals surface area contributed by atoms with E-state index in [4.69, 9.17) is 20.9 Å². The molecule has 156 valence electrons. The van der Waals surface area contributed by atoms with Gasteiger partial charge in [0.05, 0.1) is 13.2 Å². The quantitative estimate of drug-likeness (QED) is 0.485. The smallest absolute Gasteiger partial charge is 0.186 e. The van der Waals surface area contributed by atoms with Gasteiger partial charge in [-0.2, -0.15) is 0 Å². The summed E-state index contributed by atoms with van der Waals surface area (Å²) >= 11 is 0. The monoisotopic (exact) mass is 430 g/mol. The number of likely N-dealkylation sites (tertiary alicyclic amines) is 1. The Kier molecular flexibility index (Phi) is 5.32. The van der Waals surface area contributed by atoms with Gasteiger partial charge in [0.15, 0.2) is 17.5 Å². The molecule has 1 aromatic rings. The number of methoxy groups -OCH3 is 1. The second kappa shape index (κ2) is 7.04. The van der Waals surface area contributed by atoms with Gasteiger partial charge in [-0.05, 0) is 45.2 Å². The van der Waals surface area contributed by atoms with E-state index < -0.39 is 0 Å². The van der Waals surface area contributed by atoms with Gasteiger partial charge in [0.25, 0.3) is 0 Å². The fourth-order valence-electron chi connectivity index (χ4n) is 6.27. The van der Waals surface area contributed by atoms with Gasteiger partial charge in [-0.25, -0.2) is 4.99 Å². The van der Waals surface area contributed by atoms with Crippen molar-refractivity contribution in [3.8, 4) is 17.2 Å². The number of phenolic OH excluding ortho intramolecular Hbond substituents is 1. The molecule has 0 amide bonds. The molecule has 2 bridgehead atoms. The zero-order chi connectivity index (χ0) is 18.2. The lowest BCUT2D eigenvalue weighted by atomic mass is 9.51. The third kappa shape index (κ3) is 2.49. The lowest BCUT2D eigenvalue weighted by molar-refractivity contribution is -0.0509. The van der Waals surface area contributed by atoms with E-state index in [0.29, 0.717) is 17.7 Å². The molecule has 9 heteroatoms. The summed E-state index contributed by atoms with van der Waals surface area (Å²) in [7, 11) is 3.88. The van der Waals surface area contributed by atoms with Crippen LogP contribution in [0.25, 0.3) is 0 Å². The molecule has 1 spiro atoms. The second-order valence-corrected chi connectivity index (χ2v) is 8.17. The van der Waals surface area contributed by atoms with Gasteiger partial charge in [-0.3, -0.25) is 0 Å². The average molecular weight is 431 g/mol. The molecule has 2 aliphatic carbocycles. The zero-order valence-corrected chi connectivity index (χ0v) is 17.7. The van der Waals surface area contributed by atoms with E-state index >= 15 is 0 Å². The van der Waals surface area contributed by atoms with Crippen molar-refractivity contribution in [3.05, 3.63) is 17.2 Å². The van der Waals surface area contributed by atoms with Crippen LogP contribution in [0.15, 0.2) is 11.1 Å². The molecule has 4 aliphatic rings. The number of hydrogen-bond donors (Lipinski definition) is 3. The van der Waals surface area contributed by atoms with E-state index in [2.05, 4.69) is 16.9 Å². The number of likely N-dealkylation sites (N-methyl/N-ethyl adjacent to an activating group) is 1. The maximum atomic E-state index is 10.6. The standard InChI is InChI=1S/C19H26N4O3.2ClH/c1-23-6-5-19-10-3-4-11(22-18(20)21)17(19)26-16-13(24)8-14(25-2)9(15(16)19)7-12(10)23;;/h8,10-12,17,24H,3-7H2,1-2H3,(H4,20,21,22);2*1H/t10-,11+,12+,17-,19-;;/m0../s1. The van der Waals surface area contributed by atoms with Crippen LogP contribution in [-0.2, 0) is 11.8 Å². The Bertz CT molecular complexity index is 817. The highest BCUT2D eigenvalue weighted by atomic mass is 35.5. The third-order valence-corrected chi connectivity index (χ3v) is 7.19. The Hall–Kier alpha value is -1.57. The first-order valence-corrected chi connectivity index (χ1v) is 9.36. The van der Waals surface area contributed by atoms with E-state index in [1.54, 1.807) is 13.2 Å². The van der Waals surface area contributed by atoms with Gasteiger partial charge >= 0.3 is 0 Å². The van der Waals surface area contributed by atoms with E-state index in [0.717, 1.165) is 43.5 Å². The van der Waals surface area contributed by atoms with E-state index in [1.807, 2.05) is 0 Å². The Labute approximate surface area is 177 Å². The Morgan fingerprint density at radius 2 is 2.11 bits per heavy atom. The van der Waals surface area contributed by atoms with Gasteiger partial charge in [-0.1, -0.05) is 0 Å². The highest BCUT2D eigenvalue weighted by Gasteiger charge is 2.66. The molecule has 5 rings (SSSR count). The van der Waals surface area contributed by atoms with Crippen molar-refractivity contribution in [1.29, 1.82) is 0 Å². The largest absolute Gasteiger partial charge is 0.504 e. The average Bonchev–Trinajstić information content (AvgIpc) is 2.95. The van der Waals surface area contributed by atoms with Gasteiger partial charge < -0.3 is 30.9 Å². The fourth-order valence-corrected chi connectivity index (χ4v) is 6.27. The summed E-state index contributed by atoms with van der Waals surface area (Å²) in [6.07, 6.45) is 3.75. The molecule has 7 nitrogen and oxygen atoms in total. The highest BCUT2D eigenvalue weighted by molar-refractivity contribution is 5.85. The molecule has 2 fully saturated rings. The molecule has 5 N–H and O–H groups in total. The van der Waals surface area contributed by atoms with Crippen LogP contribution < -0.4 is 20.9 Å². The molecule has 2 aliphatic heterocycles. The number of nitrogens with zero attached hydrogens (tertiary/aromatic N) is 2. The van der Waals surface area contributed by atoms with Gasteiger partial charge in [-0.15, -0.1) is 24.8 Å². The second-order valence-electron chi connectivity index (χ2n) is 8.17. The molecule has 0 aromatic heterocycles. The Morgan fingerprint density at radius 3 is 2.79 bits per heavy atom. The van der Waals surface area contributed by atoms with Crippen molar-refractivity contribution in [2.24, 2.45) is 22.4 Å². The first-order chi connectivity index (χ1) is 12.5. The van der Waals surface area contributed by atoms with Crippen LogP contribution in [0.2, 0.25) is 0 Å². The summed E-state index contributed by atoms with van der Waals surface area (Å²) in [6.45, 7) is 1.01. The highest BCUT2D eigenvalue weighted by Crippen LogP contribution is 2.65. The lowest BCUT2D eigenvalue weighted by Gasteiger charge is -2.58. The van der Waals surface area contributed by atoms with Crippen molar-refractivity contribution in [1.82, 2.24) is 4.90 Å². The van der Waals surface area contributed by atoms with Crippen LogP contribution >= 0.6 is 24.8 Å². The maximum Gasteiger partial charge on any atom is 0.186 e. The molecule has 2 heterocycles. The van der Waals surface area contributed by atoms with E-state index in [1.165, 1.54) is 5.56 Å². The van der Waals surface area contributed by atoms with Crippen molar-refractivity contribution in [3.63, 3.8) is 0 Å². The molecule has 5 atom stereocenters. The minimum atomic E-state index is -0.145. The SMILES string of the molecule is COc1cc(O)c2c3c1C[C@@H]1[C@@H]4CC[C@@H](N=C(N)N)[C@H](O2)[C@]34CCN1C.Cl.Cl. The molecular weight excluding hydrogens is 403 g/mol. The normalized spacial score (nSPS) is 34.2. The molecule has 28 heavy (non-hydrogen) atoms. The Morgan fingerprint density at radius 1 is 1.36 bits per heavy atom. The summed E-state index contributed by atoms with van der Waals surface area (Å²) in [4.78, 5) is 6.98. The predicted octanol–water partition coefficient (Wildman–Crippen LogP) is 1.56. The number of rotatable bonds is 2. The van der Waals surface area contributed by atoms with Crippen molar-refractivity contribution < 1.29 is 14.6 Å². The van der Waals surface area contributed by atoms with Crippen LogP contribution in [0.5, 0.6) is 17.2 Å². The minimum Gasteiger partial charge on any atom is -0.504 e. The van der Waals surface area contributed by atoms with Crippen molar-refractivity contribution >= 4 is 30.8 Å². The van der Waals surface area contributed by atoms with Crippen LogP contribution in [-0.4, -0.2) is 54.9 Å². The third-order valence-electron chi connectivity index (χ3n) is 7.19. The minimum absolute atomic E-state index is 0. The summed E-state index contributed by atoms with van der Waals surface area (Å²) < 4.78 is 12.0. The molecule has 0 radical (unpaired) electrons. The lowest BCUT2D eigenvalue weighted by Crippen LogP contribution is -2.66.